The van der Waals surface area contributed by atoms with Crippen molar-refractivity contribution in [1.29, 1.82) is 0 Å². The number of hydrogen-bond donors (Lipinski definition) is 5. The molecule has 5 N–H and O–H groups in total. The van der Waals surface area contributed by atoms with Crippen LogP contribution in [0.4, 0.5) is 8.78 Å². The van der Waals surface area contributed by atoms with Gasteiger partial charge >= 0.3 is 0 Å². The molecule has 32 heavy (non-hydrogen) atoms. The van der Waals surface area contributed by atoms with Crippen LogP contribution in [0.25, 0.3) is 0 Å². The van der Waals surface area contributed by atoms with E-state index < -0.39 is 34.4 Å². The second kappa shape index (κ2) is 10.3. The lowest BCUT2D eigenvalue weighted by molar-refractivity contribution is -0.120. The van der Waals surface area contributed by atoms with Gasteiger partial charge in [0.1, 0.15) is 11.6 Å². The normalized spacial score (nSPS) is 20.2. The Hall–Kier alpha value is -2.04. The Bertz CT molecular complexity index is 953. The number of rotatable bonds is 8. The van der Waals surface area contributed by atoms with Crippen molar-refractivity contribution in [2.24, 2.45) is 0 Å². The van der Waals surface area contributed by atoms with Crippen LogP contribution in [0, 0.1) is 11.6 Å². The van der Waals surface area contributed by atoms with Crippen molar-refractivity contribution in [3.63, 3.8) is 0 Å². The highest BCUT2D eigenvalue weighted by Gasteiger charge is 2.31. The summed E-state index contributed by atoms with van der Waals surface area (Å²) in [5.41, 5.74) is 3.25. The van der Waals surface area contributed by atoms with E-state index in [0.29, 0.717) is 5.56 Å². The van der Waals surface area contributed by atoms with Crippen LogP contribution in [0.3, 0.4) is 0 Å². The molecular weight excluding hydrogens is 438 g/mol. The average molecular weight is 469 g/mol. The zero-order chi connectivity index (χ0) is 23.5. The van der Waals surface area contributed by atoms with Crippen LogP contribution in [-0.2, 0) is 23.4 Å². The number of benzene rings is 2. The number of halogens is 2. The molecule has 0 saturated carbocycles. The van der Waals surface area contributed by atoms with E-state index in [1.165, 1.54) is 6.92 Å². The lowest BCUT2D eigenvalue weighted by Crippen LogP contribution is -2.49. The Kier molecular flexibility index (Phi) is 7.89. The van der Waals surface area contributed by atoms with E-state index in [4.69, 9.17) is 0 Å². The molecule has 1 amide bonds. The quantitative estimate of drug-likeness (QED) is 0.408. The molecule has 1 heterocycles. The van der Waals surface area contributed by atoms with Gasteiger partial charge in [-0.1, -0.05) is 25.1 Å². The van der Waals surface area contributed by atoms with Crippen LogP contribution in [0.5, 0.6) is 0 Å². The Morgan fingerprint density at radius 3 is 2.47 bits per heavy atom. The largest absolute Gasteiger partial charge is 0.390 e. The average Bonchev–Trinajstić information content (AvgIpc) is 2.69. The van der Waals surface area contributed by atoms with Gasteiger partial charge in [0.2, 0.25) is 5.91 Å². The van der Waals surface area contributed by atoms with Gasteiger partial charge in [0.05, 0.1) is 29.7 Å². The van der Waals surface area contributed by atoms with E-state index in [1.54, 1.807) is 0 Å². The third-order valence-electron chi connectivity index (χ3n) is 5.62. The van der Waals surface area contributed by atoms with Crippen LogP contribution in [0.15, 0.2) is 36.4 Å². The molecule has 0 radical (unpaired) electrons. The van der Waals surface area contributed by atoms with Crippen LogP contribution >= 0.6 is 10.6 Å². The first-order valence-electron chi connectivity index (χ1n) is 10.5. The number of fused-ring (bicyclic) bond motifs is 1. The predicted molar refractivity (Wildman–Crippen MR) is 122 cm³/mol. The summed E-state index contributed by atoms with van der Waals surface area (Å²) in [6.07, 6.45) is -0.201. The first-order valence-corrected chi connectivity index (χ1v) is 12.4. The molecule has 6 nitrogen and oxygen atoms in total. The van der Waals surface area contributed by atoms with Gasteiger partial charge in [0.15, 0.2) is 0 Å². The van der Waals surface area contributed by atoms with Crippen molar-refractivity contribution < 1.29 is 27.8 Å². The lowest BCUT2D eigenvalue weighted by atomic mass is 9.97. The summed E-state index contributed by atoms with van der Waals surface area (Å²) < 4.78 is 47.9. The van der Waals surface area contributed by atoms with E-state index >= 15 is 0 Å². The van der Waals surface area contributed by atoms with Crippen molar-refractivity contribution in [3.8, 4) is 0 Å². The van der Waals surface area contributed by atoms with Crippen LogP contribution in [0.1, 0.15) is 42.1 Å². The molecule has 3 rings (SSSR count). The molecule has 0 saturated heterocycles. The SMILES string of the molecule is CCc1ccc2c(c1)C(NC[C@H](O)[C@H](Cc1cc(F)cc(F)c1)NC(C)=O)CS(O)(O)C2. The van der Waals surface area contributed by atoms with Gasteiger partial charge < -0.3 is 15.7 Å². The van der Waals surface area contributed by atoms with Crippen LogP contribution < -0.4 is 10.6 Å². The number of hydrogen-bond acceptors (Lipinski definition) is 5. The molecule has 0 aromatic heterocycles. The summed E-state index contributed by atoms with van der Waals surface area (Å²) in [7, 11) is -2.81. The van der Waals surface area contributed by atoms with Gasteiger partial charge in [-0.15, -0.1) is 0 Å². The Balaban J connectivity index is 1.75. The summed E-state index contributed by atoms with van der Waals surface area (Å²) in [4.78, 5) is 11.7. The van der Waals surface area contributed by atoms with Gasteiger partial charge in [-0.05, 0) is 47.2 Å². The Morgan fingerprint density at radius 2 is 1.84 bits per heavy atom. The molecule has 2 aromatic rings. The molecule has 0 bridgehead atoms. The number of amides is 1. The highest BCUT2D eigenvalue weighted by molar-refractivity contribution is 8.23. The summed E-state index contributed by atoms with van der Waals surface area (Å²) in [5, 5.41) is 16.6. The van der Waals surface area contributed by atoms with Crippen LogP contribution in [0.2, 0.25) is 0 Å². The summed E-state index contributed by atoms with van der Waals surface area (Å²) in [5.74, 6) is -1.52. The van der Waals surface area contributed by atoms with E-state index in [9.17, 15) is 27.8 Å². The third-order valence-corrected chi connectivity index (χ3v) is 7.26. The molecule has 1 unspecified atom stereocenters. The van der Waals surface area contributed by atoms with Gasteiger partial charge in [-0.25, -0.2) is 8.78 Å². The smallest absolute Gasteiger partial charge is 0.217 e. The summed E-state index contributed by atoms with van der Waals surface area (Å²) in [6, 6.07) is 7.84. The predicted octanol–water partition coefficient (Wildman–Crippen LogP) is 3.53. The molecular formula is C23H30F2N2O4S. The monoisotopic (exact) mass is 468 g/mol. The maximum Gasteiger partial charge on any atom is 0.217 e. The molecule has 1 aliphatic heterocycles. The molecule has 1 aliphatic rings. The van der Waals surface area contributed by atoms with Crippen molar-refractivity contribution >= 4 is 16.5 Å². The number of nitrogens with one attached hydrogen (secondary N) is 2. The molecule has 0 spiro atoms. The molecule has 0 aliphatic carbocycles. The second-order valence-corrected chi connectivity index (χ2v) is 10.5. The lowest BCUT2D eigenvalue weighted by Gasteiger charge is -2.42. The molecule has 2 aromatic carbocycles. The fourth-order valence-corrected chi connectivity index (χ4v) is 5.80. The van der Waals surface area contributed by atoms with Gasteiger partial charge in [0.25, 0.3) is 0 Å². The Labute approximate surface area is 188 Å². The number of aliphatic hydroxyl groups is 1. The van der Waals surface area contributed by atoms with Crippen LogP contribution in [-0.4, -0.2) is 44.6 Å². The van der Waals surface area contributed by atoms with Gasteiger partial charge in [-0.3, -0.25) is 13.9 Å². The number of carbonyl (C=O) groups excluding carboxylic acids is 1. The first-order chi connectivity index (χ1) is 15.1. The van der Waals surface area contributed by atoms with E-state index in [0.717, 1.165) is 41.3 Å². The minimum absolute atomic E-state index is 0.0352. The highest BCUT2D eigenvalue weighted by Crippen LogP contribution is 2.50. The highest BCUT2D eigenvalue weighted by atomic mass is 32.3. The number of aliphatic hydroxyl groups excluding tert-OH is 1. The second-order valence-electron chi connectivity index (χ2n) is 8.32. The minimum atomic E-state index is -2.81. The van der Waals surface area contributed by atoms with E-state index in [1.807, 2.05) is 25.1 Å². The topological polar surface area (TPSA) is 102 Å². The fourth-order valence-electron chi connectivity index (χ4n) is 4.09. The van der Waals surface area contributed by atoms with E-state index in [-0.39, 0.29) is 36.4 Å². The standard InChI is InChI=1S/C23H30F2N2O4S/c1-3-15-4-5-17-12-32(30,31)13-22(20(17)8-15)26-11-23(29)21(27-14(2)28)9-16-6-18(24)10-19(25)7-16/h4-8,10,21-23,26,29-31H,3,9,11-13H2,1-2H3,(H,27,28)/t21-,22?,23-/m0/s1. The first kappa shape index (κ1) is 24.6. The molecule has 176 valence electrons. The third kappa shape index (κ3) is 6.49. The van der Waals surface area contributed by atoms with Crippen molar-refractivity contribution in [1.82, 2.24) is 10.6 Å². The van der Waals surface area contributed by atoms with Gasteiger partial charge in [-0.2, -0.15) is 10.6 Å². The maximum absolute atomic E-state index is 13.6. The summed E-state index contributed by atoms with van der Waals surface area (Å²) in [6.45, 7) is 3.38. The maximum atomic E-state index is 13.6. The van der Waals surface area contributed by atoms with Gasteiger partial charge in [0, 0.05) is 19.5 Å². The van der Waals surface area contributed by atoms with Crippen molar-refractivity contribution in [3.05, 3.63) is 70.3 Å². The summed E-state index contributed by atoms with van der Waals surface area (Å²) >= 11 is 0. The zero-order valence-corrected chi connectivity index (χ0v) is 19.0. The fraction of sp³-hybridized carbons (Fsp3) is 0.435. The molecule has 9 heteroatoms. The number of carbonyl (C=O) groups is 1. The molecule has 0 fully saturated rings. The Morgan fingerprint density at radius 1 is 1.16 bits per heavy atom. The van der Waals surface area contributed by atoms with Crippen molar-refractivity contribution in [2.45, 2.75) is 50.6 Å². The zero-order valence-electron chi connectivity index (χ0n) is 18.1. The van der Waals surface area contributed by atoms with E-state index in [2.05, 4.69) is 10.6 Å². The molecule has 3 atom stereocenters. The minimum Gasteiger partial charge on any atom is -0.390 e. The van der Waals surface area contributed by atoms with Crippen molar-refractivity contribution in [2.75, 3.05) is 12.3 Å². The number of aryl methyl sites for hydroxylation is 1.